The summed E-state index contributed by atoms with van der Waals surface area (Å²) in [5.74, 6) is 2.01. The number of benzene rings is 1. The zero-order valence-corrected chi connectivity index (χ0v) is 15.8. The van der Waals surface area contributed by atoms with Crippen LogP contribution in [0.1, 0.15) is 45.6 Å². The van der Waals surface area contributed by atoms with E-state index in [1.165, 1.54) is 12.8 Å². The molecule has 0 atom stereocenters. The largest absolute Gasteiger partial charge is 0.493 e. The third-order valence-electron chi connectivity index (χ3n) is 3.78. The quantitative estimate of drug-likeness (QED) is 0.412. The number of nitrogens with one attached hydrogen (secondary N) is 1. The maximum Gasteiger partial charge on any atom is 0.188 e. The normalized spacial score (nSPS) is 12.1. The highest BCUT2D eigenvalue weighted by atomic mass is 16.5. The van der Waals surface area contributed by atoms with E-state index in [4.69, 9.17) is 15.2 Å². The van der Waals surface area contributed by atoms with Crippen LogP contribution in [-0.4, -0.2) is 33.3 Å². The van der Waals surface area contributed by atoms with E-state index in [0.29, 0.717) is 11.4 Å². The van der Waals surface area contributed by atoms with Gasteiger partial charge in [-0.3, -0.25) is 4.99 Å². The fourth-order valence-corrected chi connectivity index (χ4v) is 2.39. The standard InChI is InChI=1S/C19H33N3O2/c1-19(2,3)11-6-7-12-21-18(20)22-13-10-15-8-9-16(23-4)17(14-15)24-5/h8-9,14H,6-7,10-13H2,1-5H3,(H3,20,21,22). The smallest absolute Gasteiger partial charge is 0.188 e. The lowest BCUT2D eigenvalue weighted by molar-refractivity contribution is 0.354. The van der Waals surface area contributed by atoms with Crippen molar-refractivity contribution < 1.29 is 9.47 Å². The molecule has 0 aromatic heterocycles. The number of rotatable bonds is 9. The van der Waals surface area contributed by atoms with E-state index in [0.717, 1.165) is 43.0 Å². The number of hydrogen-bond acceptors (Lipinski definition) is 3. The van der Waals surface area contributed by atoms with Crippen LogP contribution in [0.5, 0.6) is 11.5 Å². The zero-order valence-electron chi connectivity index (χ0n) is 15.8. The Balaban J connectivity index is 2.30. The van der Waals surface area contributed by atoms with Gasteiger partial charge in [0.15, 0.2) is 17.5 Å². The van der Waals surface area contributed by atoms with Gasteiger partial charge in [0.2, 0.25) is 0 Å². The summed E-state index contributed by atoms with van der Waals surface area (Å²) < 4.78 is 10.5. The molecular formula is C19H33N3O2. The molecule has 0 aliphatic heterocycles. The van der Waals surface area contributed by atoms with Crippen molar-refractivity contribution in [1.29, 1.82) is 0 Å². The van der Waals surface area contributed by atoms with Crippen molar-refractivity contribution in [2.45, 2.75) is 46.5 Å². The molecule has 0 aliphatic rings. The van der Waals surface area contributed by atoms with Gasteiger partial charge in [0.1, 0.15) is 0 Å². The molecule has 136 valence electrons. The average molecular weight is 335 g/mol. The summed E-state index contributed by atoms with van der Waals surface area (Å²) in [5.41, 5.74) is 7.46. The zero-order chi connectivity index (χ0) is 18.0. The Morgan fingerprint density at radius 2 is 1.83 bits per heavy atom. The molecule has 0 bridgehead atoms. The van der Waals surface area contributed by atoms with Crippen LogP contribution < -0.4 is 20.5 Å². The van der Waals surface area contributed by atoms with Crippen LogP contribution in [0, 0.1) is 5.41 Å². The fourth-order valence-electron chi connectivity index (χ4n) is 2.39. The Kier molecular flexibility index (Phi) is 8.44. The first kappa shape index (κ1) is 20.1. The van der Waals surface area contributed by atoms with Gasteiger partial charge in [0.05, 0.1) is 14.2 Å². The minimum Gasteiger partial charge on any atom is -0.493 e. The predicted octanol–water partition coefficient (Wildman–Crippen LogP) is 3.37. The molecule has 0 saturated heterocycles. The van der Waals surface area contributed by atoms with Gasteiger partial charge in [0.25, 0.3) is 0 Å². The molecule has 0 amide bonds. The lowest BCUT2D eigenvalue weighted by atomic mass is 9.90. The second kappa shape index (κ2) is 10.1. The van der Waals surface area contributed by atoms with E-state index in [-0.39, 0.29) is 0 Å². The van der Waals surface area contributed by atoms with Gasteiger partial charge >= 0.3 is 0 Å². The van der Waals surface area contributed by atoms with Gasteiger partial charge in [-0.25, -0.2) is 0 Å². The summed E-state index contributed by atoms with van der Waals surface area (Å²) in [7, 11) is 3.28. The molecule has 1 rings (SSSR count). The first-order valence-corrected chi connectivity index (χ1v) is 8.60. The number of aliphatic imine (C=N–C) groups is 1. The van der Waals surface area contributed by atoms with Crippen molar-refractivity contribution in [1.82, 2.24) is 5.32 Å². The summed E-state index contributed by atoms with van der Waals surface area (Å²) in [4.78, 5) is 4.37. The van der Waals surface area contributed by atoms with Gasteiger partial charge < -0.3 is 20.5 Å². The molecule has 0 heterocycles. The average Bonchev–Trinajstić information content (AvgIpc) is 2.53. The van der Waals surface area contributed by atoms with E-state index >= 15 is 0 Å². The predicted molar refractivity (Wildman–Crippen MR) is 101 cm³/mol. The molecule has 24 heavy (non-hydrogen) atoms. The van der Waals surface area contributed by atoms with Gasteiger partial charge in [-0.05, 0) is 42.4 Å². The van der Waals surface area contributed by atoms with Crippen molar-refractivity contribution in [3.8, 4) is 11.5 Å². The second-order valence-electron chi connectivity index (χ2n) is 7.15. The van der Waals surface area contributed by atoms with Crippen LogP contribution >= 0.6 is 0 Å². The van der Waals surface area contributed by atoms with E-state index in [9.17, 15) is 0 Å². The highest BCUT2D eigenvalue weighted by Crippen LogP contribution is 2.27. The molecule has 0 fully saturated rings. The highest BCUT2D eigenvalue weighted by molar-refractivity contribution is 5.77. The number of nitrogens with two attached hydrogens (primary N) is 1. The summed E-state index contributed by atoms with van der Waals surface area (Å²) in [6, 6.07) is 5.93. The van der Waals surface area contributed by atoms with Gasteiger partial charge in [-0.1, -0.05) is 33.3 Å². The van der Waals surface area contributed by atoms with Crippen LogP contribution in [0.4, 0.5) is 0 Å². The van der Waals surface area contributed by atoms with Crippen molar-refractivity contribution >= 4 is 5.96 Å². The van der Waals surface area contributed by atoms with Crippen LogP contribution in [-0.2, 0) is 6.42 Å². The molecule has 0 saturated carbocycles. The maximum atomic E-state index is 5.90. The van der Waals surface area contributed by atoms with E-state index < -0.39 is 0 Å². The molecule has 0 radical (unpaired) electrons. The number of nitrogens with zero attached hydrogens (tertiary/aromatic N) is 1. The van der Waals surface area contributed by atoms with Crippen LogP contribution in [0.3, 0.4) is 0 Å². The summed E-state index contributed by atoms with van der Waals surface area (Å²) in [6.45, 7) is 8.32. The van der Waals surface area contributed by atoms with E-state index in [2.05, 4.69) is 31.1 Å². The number of hydrogen-bond donors (Lipinski definition) is 2. The third-order valence-corrected chi connectivity index (χ3v) is 3.78. The van der Waals surface area contributed by atoms with Crippen LogP contribution in [0.2, 0.25) is 0 Å². The molecule has 5 nitrogen and oxygen atoms in total. The molecule has 1 aromatic carbocycles. The first-order chi connectivity index (χ1) is 11.4. The molecule has 0 unspecified atom stereocenters. The van der Waals surface area contributed by atoms with Crippen molar-refractivity contribution in [2.75, 3.05) is 27.3 Å². The molecule has 5 heteroatoms. The lowest BCUT2D eigenvalue weighted by Gasteiger charge is -2.17. The maximum absolute atomic E-state index is 5.90. The number of guanidine groups is 1. The number of methoxy groups -OCH3 is 2. The summed E-state index contributed by atoms with van der Waals surface area (Å²) in [5, 5.41) is 3.16. The SMILES string of the molecule is COc1ccc(CCNC(N)=NCCCCC(C)(C)C)cc1OC. The Morgan fingerprint density at radius 3 is 2.46 bits per heavy atom. The minimum absolute atomic E-state index is 0.396. The summed E-state index contributed by atoms with van der Waals surface area (Å²) >= 11 is 0. The first-order valence-electron chi connectivity index (χ1n) is 8.60. The number of unbranched alkanes of at least 4 members (excludes halogenated alkanes) is 1. The lowest BCUT2D eigenvalue weighted by Crippen LogP contribution is -2.33. The van der Waals surface area contributed by atoms with Gasteiger partial charge in [-0.15, -0.1) is 0 Å². The van der Waals surface area contributed by atoms with E-state index in [1.54, 1.807) is 14.2 Å². The Labute approximate surface area is 146 Å². The van der Waals surface area contributed by atoms with E-state index in [1.807, 2.05) is 18.2 Å². The summed E-state index contributed by atoms with van der Waals surface area (Å²) in [6.07, 6.45) is 4.33. The van der Waals surface area contributed by atoms with Crippen LogP contribution in [0.25, 0.3) is 0 Å². The minimum atomic E-state index is 0.396. The highest BCUT2D eigenvalue weighted by Gasteiger charge is 2.08. The number of ether oxygens (including phenoxy) is 2. The van der Waals surface area contributed by atoms with Gasteiger partial charge in [0, 0.05) is 13.1 Å². The molecular weight excluding hydrogens is 302 g/mol. The third kappa shape index (κ3) is 8.09. The van der Waals surface area contributed by atoms with Crippen LogP contribution in [0.15, 0.2) is 23.2 Å². The Morgan fingerprint density at radius 1 is 1.12 bits per heavy atom. The van der Waals surface area contributed by atoms with Gasteiger partial charge in [-0.2, -0.15) is 0 Å². The Hall–Kier alpha value is -1.91. The van der Waals surface area contributed by atoms with Crippen molar-refractivity contribution in [3.05, 3.63) is 23.8 Å². The molecule has 1 aromatic rings. The molecule has 3 N–H and O–H groups in total. The monoisotopic (exact) mass is 335 g/mol. The molecule has 0 spiro atoms. The second-order valence-corrected chi connectivity index (χ2v) is 7.15. The molecule has 0 aliphatic carbocycles. The topological polar surface area (TPSA) is 68.9 Å². The van der Waals surface area contributed by atoms with Crippen molar-refractivity contribution in [2.24, 2.45) is 16.1 Å². The Bertz CT molecular complexity index is 522. The van der Waals surface area contributed by atoms with Crippen molar-refractivity contribution in [3.63, 3.8) is 0 Å². The fraction of sp³-hybridized carbons (Fsp3) is 0.632.